The first-order chi connectivity index (χ1) is 5.70. The van der Waals surface area contributed by atoms with E-state index in [1.165, 1.54) is 12.5 Å². The predicted molar refractivity (Wildman–Crippen MR) is 44.2 cm³/mol. The summed E-state index contributed by atoms with van der Waals surface area (Å²) in [6.45, 7) is 0. The van der Waals surface area contributed by atoms with Gasteiger partial charge >= 0.3 is 0 Å². The smallest absolute Gasteiger partial charge is 0.266 e. The van der Waals surface area contributed by atoms with Gasteiger partial charge in [0.05, 0.1) is 0 Å². The van der Waals surface area contributed by atoms with Gasteiger partial charge in [0.15, 0.2) is 6.33 Å². The number of imidazole rings is 1. The van der Waals surface area contributed by atoms with Gasteiger partial charge in [0.25, 0.3) is 5.82 Å². The highest BCUT2D eigenvalue weighted by Gasteiger charge is 1.97. The molecule has 64 valence electrons. The molecule has 0 fully saturated rings. The largest absolute Gasteiger partial charge is 0.722 e. The van der Waals surface area contributed by atoms with E-state index in [4.69, 9.17) is 5.73 Å². The Labute approximate surface area is 72.8 Å². The lowest BCUT2D eigenvalue weighted by Gasteiger charge is -2.01. The molecule has 0 saturated carbocycles. The highest BCUT2D eigenvalue weighted by atomic mass is 32.1. The van der Waals surface area contributed by atoms with Gasteiger partial charge in [0, 0.05) is 5.22 Å². The Morgan fingerprint density at radius 1 is 1.92 bits per heavy atom. The van der Waals surface area contributed by atoms with Crippen molar-refractivity contribution in [2.75, 3.05) is 0 Å². The molecule has 0 aliphatic carbocycles. The van der Waals surface area contributed by atoms with Crippen molar-refractivity contribution >= 4 is 23.1 Å². The van der Waals surface area contributed by atoms with E-state index in [1.807, 2.05) is 0 Å². The third-order valence-electron chi connectivity index (χ3n) is 0.941. The summed E-state index contributed by atoms with van der Waals surface area (Å²) in [5.41, 5.74) is 7.16. The van der Waals surface area contributed by atoms with Crippen LogP contribution >= 0.6 is 12.2 Å². The van der Waals surface area contributed by atoms with Gasteiger partial charge < -0.3 is 10.9 Å². The van der Waals surface area contributed by atoms with E-state index in [0.29, 0.717) is 0 Å². The highest BCUT2D eigenvalue weighted by molar-refractivity contribution is 7.80. The third kappa shape index (κ3) is 2.16. The second kappa shape index (κ2) is 3.62. The Morgan fingerprint density at radius 2 is 2.67 bits per heavy atom. The number of hydrogen-bond acceptors (Lipinski definition) is 4. The Kier molecular flexibility index (Phi) is 2.53. The number of H-pyrrole nitrogens is 1. The van der Waals surface area contributed by atoms with Crippen molar-refractivity contribution in [3.05, 3.63) is 17.7 Å². The molecule has 0 aliphatic rings. The fraction of sp³-hybridized carbons (Fsp3) is 0. The van der Waals surface area contributed by atoms with Crippen molar-refractivity contribution in [3.8, 4) is 0 Å². The van der Waals surface area contributed by atoms with Gasteiger partial charge in [-0.15, -0.1) is 4.86 Å². The average Bonchev–Trinajstić information content (AvgIpc) is 2.51. The van der Waals surface area contributed by atoms with Crippen molar-refractivity contribution in [2.45, 2.75) is 0 Å². The molecular formula is C4H6N6OS. The van der Waals surface area contributed by atoms with E-state index < -0.39 is 0 Å². The second-order valence-electron chi connectivity index (χ2n) is 1.79. The summed E-state index contributed by atoms with van der Waals surface area (Å²) in [4.78, 5) is 6.45. The van der Waals surface area contributed by atoms with Crippen molar-refractivity contribution < 1.29 is 4.86 Å². The number of thiocarbonyl (C=S) groups is 1. The lowest BCUT2D eigenvalue weighted by molar-refractivity contribution is -0.450. The van der Waals surface area contributed by atoms with Crippen LogP contribution in [0.3, 0.4) is 0 Å². The molecule has 0 aromatic carbocycles. The Morgan fingerprint density at radius 3 is 3.17 bits per heavy atom. The zero-order valence-electron chi connectivity index (χ0n) is 5.89. The van der Waals surface area contributed by atoms with Crippen molar-refractivity contribution in [1.82, 2.24) is 15.4 Å². The van der Waals surface area contributed by atoms with Gasteiger partial charge in [0.1, 0.15) is 6.20 Å². The van der Waals surface area contributed by atoms with Crippen molar-refractivity contribution in [1.29, 1.82) is 0 Å². The van der Waals surface area contributed by atoms with E-state index >= 15 is 0 Å². The van der Waals surface area contributed by atoms with Crippen LogP contribution in [0.4, 0.5) is 5.82 Å². The molecule has 0 spiro atoms. The van der Waals surface area contributed by atoms with Crippen LogP contribution in [0.15, 0.2) is 17.7 Å². The van der Waals surface area contributed by atoms with Crippen LogP contribution in [0.2, 0.25) is 0 Å². The molecule has 12 heavy (non-hydrogen) atoms. The fourth-order valence-corrected chi connectivity index (χ4v) is 0.543. The zero-order chi connectivity index (χ0) is 8.97. The maximum Gasteiger partial charge on any atom is 0.266 e. The molecule has 4 N–H and O–H groups in total. The molecule has 7 nitrogen and oxygen atoms in total. The number of nitrogens with zero attached hydrogens (tertiary/aromatic N) is 3. The zero-order valence-corrected chi connectivity index (χ0v) is 6.71. The van der Waals surface area contributed by atoms with E-state index in [2.05, 4.69) is 32.8 Å². The number of aromatic nitrogens is 2. The summed E-state index contributed by atoms with van der Waals surface area (Å²) < 4.78 is 0. The fourth-order valence-electron chi connectivity index (χ4n) is 0.502. The molecule has 8 heteroatoms. The minimum atomic E-state index is -0.0737. The number of hydrogen-bond donors (Lipinski definition) is 3. The summed E-state index contributed by atoms with van der Waals surface area (Å²) in [6, 6.07) is 0. The molecule has 1 aromatic rings. The molecule has 1 heterocycles. The molecule has 0 amide bonds. The molecule has 0 atom stereocenters. The number of rotatable bonds is 2. The minimum absolute atomic E-state index is 0.0737. The first-order valence-corrected chi connectivity index (χ1v) is 3.32. The van der Waals surface area contributed by atoms with Crippen LogP contribution in [0.25, 0.3) is 0 Å². The summed E-state index contributed by atoms with van der Waals surface area (Å²) >= 11 is 4.42. The first-order valence-electron chi connectivity index (χ1n) is 2.92. The molecule has 0 aliphatic heterocycles. The number of aromatic amines is 1. The Balaban J connectivity index is 2.65. The minimum Gasteiger partial charge on any atom is -0.722 e. The van der Waals surface area contributed by atoms with Crippen LogP contribution in [-0.4, -0.2) is 19.9 Å². The molecular weight excluding hydrogens is 180 g/mol. The quantitative estimate of drug-likeness (QED) is 0.255. The monoisotopic (exact) mass is 186 g/mol. The molecule has 0 bridgehead atoms. The SMILES string of the molecule is NC(=S)NN=[N+]([O-])c1cnc[nH]1. The summed E-state index contributed by atoms with van der Waals surface area (Å²) in [6.07, 6.45) is 2.67. The molecule has 0 unspecified atom stereocenters. The summed E-state index contributed by atoms with van der Waals surface area (Å²) in [7, 11) is 0. The van der Waals surface area contributed by atoms with Gasteiger partial charge in [-0.3, -0.25) is 4.98 Å². The molecule has 0 saturated heterocycles. The highest BCUT2D eigenvalue weighted by Crippen LogP contribution is 2.01. The van der Waals surface area contributed by atoms with E-state index in [-0.39, 0.29) is 15.8 Å². The average molecular weight is 186 g/mol. The standard InChI is InChI=1S/C4H6N6OS/c5-4(12)8-9-10(11)3-1-6-2-7-3/h1-2H,(H,6,7)(H3,5,8,12). The predicted octanol–water partition coefficient (Wildman–Crippen LogP) is -0.248. The number of nitrogens with one attached hydrogen (secondary N) is 2. The van der Waals surface area contributed by atoms with Crippen molar-refractivity contribution in [2.24, 2.45) is 11.0 Å². The van der Waals surface area contributed by atoms with E-state index in [0.717, 1.165) is 0 Å². The van der Waals surface area contributed by atoms with Crippen LogP contribution in [0, 0.1) is 5.21 Å². The van der Waals surface area contributed by atoms with Gasteiger partial charge in [-0.1, -0.05) is 0 Å². The normalized spacial score (nSPS) is 11.2. The Bertz CT molecular complexity index is 293. The van der Waals surface area contributed by atoms with Gasteiger partial charge in [-0.05, 0) is 12.2 Å². The third-order valence-corrected chi connectivity index (χ3v) is 1.03. The second-order valence-corrected chi connectivity index (χ2v) is 2.23. The summed E-state index contributed by atoms with van der Waals surface area (Å²) in [5.74, 6) is 0.193. The van der Waals surface area contributed by atoms with Gasteiger partial charge in [0.2, 0.25) is 5.11 Å². The first kappa shape index (κ1) is 8.40. The van der Waals surface area contributed by atoms with Gasteiger partial charge in [-0.25, -0.2) is 4.98 Å². The molecule has 0 radical (unpaired) electrons. The van der Waals surface area contributed by atoms with Crippen molar-refractivity contribution in [3.63, 3.8) is 0 Å². The van der Waals surface area contributed by atoms with Crippen LogP contribution < -0.4 is 11.2 Å². The maximum atomic E-state index is 10.9. The number of nitrogens with two attached hydrogens (primary N) is 1. The Hall–Kier alpha value is -1.70. The summed E-state index contributed by atoms with van der Waals surface area (Å²) in [5, 5.41) is 14.1. The molecule has 1 aromatic heterocycles. The topological polar surface area (TPSA) is 105 Å². The lowest BCUT2D eigenvalue weighted by atomic mass is 10.8. The van der Waals surface area contributed by atoms with Crippen LogP contribution in [0.5, 0.6) is 0 Å². The lowest BCUT2D eigenvalue weighted by Crippen LogP contribution is -2.25. The van der Waals surface area contributed by atoms with E-state index in [9.17, 15) is 5.21 Å². The maximum absolute atomic E-state index is 10.9. The molecule has 1 rings (SSSR count). The van der Waals surface area contributed by atoms with E-state index in [1.54, 1.807) is 0 Å². The van der Waals surface area contributed by atoms with Crippen LogP contribution in [-0.2, 0) is 0 Å². The van der Waals surface area contributed by atoms with Crippen LogP contribution in [0.1, 0.15) is 0 Å². The van der Waals surface area contributed by atoms with Gasteiger partial charge in [-0.2, -0.15) is 5.43 Å².